The Bertz CT molecular complexity index is 3150. The summed E-state index contributed by atoms with van der Waals surface area (Å²) in [6.45, 7) is 10.2. The van der Waals surface area contributed by atoms with Crippen LogP contribution in [0.4, 0.5) is 0 Å². The van der Waals surface area contributed by atoms with Crippen LogP contribution in [0.5, 0.6) is 0 Å². The van der Waals surface area contributed by atoms with Gasteiger partial charge in [-0.3, -0.25) is 29.0 Å². The maximum Gasteiger partial charge on any atom is 0.262 e. The van der Waals surface area contributed by atoms with E-state index < -0.39 is 0 Å². The Morgan fingerprint density at radius 3 is 0.838 bits per heavy atom. The Hall–Kier alpha value is -6.00. The minimum Gasteiger partial charge on any atom is -0.271 e. The summed E-state index contributed by atoms with van der Waals surface area (Å²) in [4.78, 5) is 65.3. The highest BCUT2D eigenvalue weighted by atomic mass is 79.9. The van der Waals surface area contributed by atoms with Crippen molar-refractivity contribution in [2.75, 3.05) is 0 Å². The zero-order chi connectivity index (χ0) is 47.4. The third-order valence-corrected chi connectivity index (χ3v) is 16.1. The number of carbonyl (C=O) groups is 4. The molecule has 0 fully saturated rings. The SMILES string of the molecule is CCC(CC)N1C(=O)c2c(-c3ccc(C)cc3)cc3c4cc(-c5ccc(Br)cc5)c5c6c(c(-c7ccc(Br)cc7)cc(c7cc(-c8ccc(Br)cc8)c(c2c37)C1=O)c64)C(=O)N(C(CC)CC)C5=O. The second kappa shape index (κ2) is 16.9. The molecule has 4 amide bonds. The summed E-state index contributed by atoms with van der Waals surface area (Å²) < 4.78 is 2.69. The smallest absolute Gasteiger partial charge is 0.262 e. The van der Waals surface area contributed by atoms with Crippen molar-refractivity contribution in [2.45, 2.75) is 72.4 Å². The first-order valence-electron chi connectivity index (χ1n) is 23.4. The largest absolute Gasteiger partial charge is 0.271 e. The molecular formula is C59H45Br3N2O4. The third-order valence-electron chi connectivity index (χ3n) is 14.6. The molecule has 0 spiro atoms. The standard InChI is InChI=1S/C59H45Br3N2O4/c1-6-38(7-2)63-56(65)50-40(31-12-10-30(5)11-13-31)26-44-45-27-42(33-16-22-36(61)23-17-33)52-55-49(45)47(46-28-41(32-14-20-35(60)21-15-32)51(57(63)66)54(50)48(44)46)29-43(34-18-24-37(62)25-19-34)53(55)59(68)64(58(52)67)39(8-3)9-4/h10-29,38-39H,6-9H2,1-5H3. The van der Waals surface area contributed by atoms with Gasteiger partial charge in [-0.1, -0.05) is 142 Å². The van der Waals surface area contributed by atoms with Crippen molar-refractivity contribution in [3.8, 4) is 44.5 Å². The lowest BCUT2D eigenvalue weighted by Crippen LogP contribution is -2.47. The van der Waals surface area contributed by atoms with Crippen LogP contribution in [0.1, 0.15) is 100 Å². The molecule has 0 radical (unpaired) electrons. The lowest BCUT2D eigenvalue weighted by atomic mass is 9.75. The molecule has 11 rings (SSSR count). The summed E-state index contributed by atoms with van der Waals surface area (Å²) in [6, 6.07) is 40.0. The van der Waals surface area contributed by atoms with E-state index in [2.05, 4.69) is 96.3 Å². The van der Waals surface area contributed by atoms with Gasteiger partial charge in [0.2, 0.25) is 0 Å². The van der Waals surface area contributed by atoms with Crippen LogP contribution in [-0.4, -0.2) is 45.5 Å². The van der Waals surface area contributed by atoms with E-state index in [1.54, 1.807) is 0 Å². The number of hydrogen-bond acceptors (Lipinski definition) is 4. The number of hydrogen-bond donors (Lipinski definition) is 0. The second-order valence-corrected chi connectivity index (χ2v) is 20.9. The van der Waals surface area contributed by atoms with Gasteiger partial charge < -0.3 is 0 Å². The van der Waals surface area contributed by atoms with Crippen LogP contribution < -0.4 is 0 Å². The van der Waals surface area contributed by atoms with E-state index in [0.717, 1.165) is 79.1 Å². The summed E-state index contributed by atoms with van der Waals surface area (Å²) in [7, 11) is 0. The van der Waals surface area contributed by atoms with E-state index in [0.29, 0.717) is 75.4 Å². The molecule has 9 heteroatoms. The Morgan fingerprint density at radius 1 is 0.368 bits per heavy atom. The van der Waals surface area contributed by atoms with Gasteiger partial charge in [0.25, 0.3) is 23.6 Å². The number of fused-ring (bicyclic) bond motifs is 2. The lowest BCUT2D eigenvalue weighted by Gasteiger charge is -2.37. The van der Waals surface area contributed by atoms with Crippen LogP contribution in [0.15, 0.2) is 135 Å². The molecule has 0 aliphatic carbocycles. The topological polar surface area (TPSA) is 74.8 Å². The molecular weight excluding hydrogens is 1040 g/mol. The average molecular weight is 1090 g/mol. The summed E-state index contributed by atoms with van der Waals surface area (Å²) in [6.07, 6.45) is 2.44. The Balaban J connectivity index is 1.44. The fourth-order valence-corrected chi connectivity index (χ4v) is 12.0. The van der Waals surface area contributed by atoms with Gasteiger partial charge in [-0.2, -0.15) is 0 Å². The monoisotopic (exact) mass is 1080 g/mol. The van der Waals surface area contributed by atoms with E-state index in [1.807, 2.05) is 107 Å². The predicted octanol–water partition coefficient (Wildman–Crippen LogP) is 16.6. The van der Waals surface area contributed by atoms with Gasteiger partial charge in [0.15, 0.2) is 0 Å². The van der Waals surface area contributed by atoms with Gasteiger partial charge in [0, 0.05) is 36.3 Å². The number of benzene rings is 9. The fraction of sp³-hybridized carbons (Fsp3) is 0.186. The van der Waals surface area contributed by atoms with Crippen molar-refractivity contribution in [1.82, 2.24) is 9.80 Å². The molecule has 9 aromatic carbocycles. The van der Waals surface area contributed by atoms with Gasteiger partial charge in [-0.25, -0.2) is 0 Å². The molecule has 0 bridgehead atoms. The lowest BCUT2D eigenvalue weighted by molar-refractivity contribution is 0.0515. The first-order valence-corrected chi connectivity index (χ1v) is 25.7. The number of rotatable bonds is 10. The Kier molecular flexibility index (Phi) is 11.1. The predicted molar refractivity (Wildman–Crippen MR) is 287 cm³/mol. The number of aryl methyl sites for hydroxylation is 1. The van der Waals surface area contributed by atoms with Gasteiger partial charge in [-0.15, -0.1) is 0 Å². The highest BCUT2D eigenvalue weighted by Crippen LogP contribution is 2.54. The molecule has 0 N–H and O–H groups in total. The number of amides is 4. The number of carbonyl (C=O) groups excluding carboxylic acids is 4. The van der Waals surface area contributed by atoms with Crippen molar-refractivity contribution in [3.05, 3.63) is 163 Å². The van der Waals surface area contributed by atoms with Crippen molar-refractivity contribution in [2.24, 2.45) is 0 Å². The first-order chi connectivity index (χ1) is 32.9. The third kappa shape index (κ3) is 6.59. The maximum atomic E-state index is 15.6. The molecule has 0 saturated carbocycles. The normalized spacial score (nSPS) is 13.9. The molecule has 68 heavy (non-hydrogen) atoms. The van der Waals surface area contributed by atoms with Crippen molar-refractivity contribution >= 4 is 115 Å². The van der Waals surface area contributed by atoms with Crippen LogP contribution in [0.25, 0.3) is 87.6 Å². The Morgan fingerprint density at radius 2 is 0.603 bits per heavy atom. The minimum absolute atomic E-state index is 0.308. The average Bonchev–Trinajstić information content (AvgIpc) is 3.34. The molecule has 6 nitrogen and oxygen atoms in total. The van der Waals surface area contributed by atoms with Crippen LogP contribution >= 0.6 is 47.8 Å². The summed E-state index contributed by atoms with van der Waals surface area (Å²) in [5, 5.41) is 6.13. The van der Waals surface area contributed by atoms with E-state index in [-0.39, 0.29) is 35.7 Å². The first kappa shape index (κ1) is 44.5. The number of nitrogens with zero attached hydrogens (tertiary/aromatic N) is 2. The van der Waals surface area contributed by atoms with Gasteiger partial charge in [-0.05, 0) is 170 Å². The van der Waals surface area contributed by atoms with Crippen LogP contribution in [0, 0.1) is 6.92 Å². The molecule has 2 aliphatic rings. The van der Waals surface area contributed by atoms with Gasteiger partial charge in [0.1, 0.15) is 0 Å². The Labute approximate surface area is 420 Å². The number of halogens is 3. The summed E-state index contributed by atoms with van der Waals surface area (Å²) >= 11 is 10.9. The second-order valence-electron chi connectivity index (χ2n) is 18.2. The van der Waals surface area contributed by atoms with Gasteiger partial charge in [0.05, 0.1) is 22.3 Å². The zero-order valence-corrected chi connectivity index (χ0v) is 42.9. The quantitative estimate of drug-likeness (QED) is 0.0777. The van der Waals surface area contributed by atoms with Crippen molar-refractivity contribution in [3.63, 3.8) is 0 Å². The van der Waals surface area contributed by atoms with Crippen LogP contribution in [0.3, 0.4) is 0 Å². The van der Waals surface area contributed by atoms with Gasteiger partial charge >= 0.3 is 0 Å². The molecule has 0 saturated heterocycles. The van der Waals surface area contributed by atoms with Crippen molar-refractivity contribution < 1.29 is 19.2 Å². The molecule has 9 aromatic rings. The molecule has 2 heterocycles. The number of imide groups is 2. The van der Waals surface area contributed by atoms with Crippen LogP contribution in [-0.2, 0) is 0 Å². The van der Waals surface area contributed by atoms with Crippen LogP contribution in [0.2, 0.25) is 0 Å². The summed E-state index contributed by atoms with van der Waals surface area (Å²) in [5.74, 6) is -1.25. The van der Waals surface area contributed by atoms with E-state index >= 15 is 19.2 Å². The fourth-order valence-electron chi connectivity index (χ4n) is 11.2. The molecule has 0 atom stereocenters. The van der Waals surface area contributed by atoms with E-state index in [4.69, 9.17) is 0 Å². The highest BCUT2D eigenvalue weighted by molar-refractivity contribution is 9.11. The molecule has 2 aliphatic heterocycles. The highest BCUT2D eigenvalue weighted by Gasteiger charge is 2.44. The molecule has 336 valence electrons. The minimum atomic E-state index is -0.321. The summed E-state index contributed by atoms with van der Waals surface area (Å²) in [5.41, 5.74) is 9.20. The molecule has 0 aromatic heterocycles. The van der Waals surface area contributed by atoms with Crippen molar-refractivity contribution in [1.29, 1.82) is 0 Å². The molecule has 0 unspecified atom stereocenters. The maximum absolute atomic E-state index is 15.6. The van der Waals surface area contributed by atoms with E-state index in [1.165, 1.54) is 9.80 Å². The zero-order valence-electron chi connectivity index (χ0n) is 38.2. The van der Waals surface area contributed by atoms with E-state index in [9.17, 15) is 0 Å².